The Morgan fingerprint density at radius 3 is 2.18 bits per heavy atom. The van der Waals surface area contributed by atoms with Crippen LogP contribution in [0.3, 0.4) is 0 Å². The maximum absolute atomic E-state index is 14.0. The number of thioether (sulfide) groups is 1. The van der Waals surface area contributed by atoms with E-state index in [0.29, 0.717) is 12.4 Å². The number of carbonyl (C=O) groups is 3. The van der Waals surface area contributed by atoms with Gasteiger partial charge >= 0.3 is 0 Å². The lowest BCUT2D eigenvalue weighted by molar-refractivity contribution is -0.273. The zero-order chi connectivity index (χ0) is 28.0. The van der Waals surface area contributed by atoms with Crippen LogP contribution >= 0.6 is 11.8 Å². The first-order chi connectivity index (χ1) is 18.6. The van der Waals surface area contributed by atoms with Gasteiger partial charge in [-0.25, -0.2) is 0 Å². The van der Waals surface area contributed by atoms with Crippen LogP contribution in [0.1, 0.15) is 38.3 Å². The summed E-state index contributed by atoms with van der Waals surface area (Å²) in [6, 6.07) is 25.5. The highest BCUT2D eigenvalue weighted by atomic mass is 32.2. The minimum absolute atomic E-state index is 0.0494. The fourth-order valence-corrected chi connectivity index (χ4v) is 5.82. The molecule has 0 unspecified atom stereocenters. The van der Waals surface area contributed by atoms with Crippen molar-refractivity contribution >= 4 is 29.5 Å². The van der Waals surface area contributed by atoms with Gasteiger partial charge in [0.05, 0.1) is 0 Å². The molecule has 1 aliphatic heterocycles. The Hall–Kier alpha value is -3.78. The van der Waals surface area contributed by atoms with Gasteiger partial charge in [0.15, 0.2) is 5.78 Å². The molecule has 0 aliphatic carbocycles. The molecule has 0 bridgehead atoms. The van der Waals surface area contributed by atoms with E-state index in [4.69, 9.17) is 4.74 Å². The predicted molar refractivity (Wildman–Crippen MR) is 149 cm³/mol. The topological polar surface area (TPSA) is 90.0 Å². The molecule has 3 aromatic rings. The molecule has 1 aliphatic rings. The number of benzene rings is 3. The third-order valence-electron chi connectivity index (χ3n) is 6.55. The van der Waals surface area contributed by atoms with Gasteiger partial charge in [-0.05, 0) is 56.2 Å². The largest absolute Gasteiger partial charge is 0.530 e. The third kappa shape index (κ3) is 7.20. The molecule has 0 saturated carbocycles. The van der Waals surface area contributed by atoms with Gasteiger partial charge in [0.2, 0.25) is 5.91 Å². The van der Waals surface area contributed by atoms with Crippen LogP contribution in [0, 0.1) is 0 Å². The van der Waals surface area contributed by atoms with Crippen LogP contribution in [0.4, 0.5) is 4.79 Å². The second-order valence-electron chi connectivity index (χ2n) is 10.5. The molecule has 39 heavy (non-hydrogen) atoms. The fraction of sp³-hybridized carbons (Fsp3) is 0.323. The number of ether oxygens (including phenoxy) is 1. The number of hydrogen-bond acceptors (Lipinski definition) is 6. The van der Waals surface area contributed by atoms with E-state index < -0.39 is 29.0 Å². The smallest absolute Gasteiger partial charge is 0.246 e. The van der Waals surface area contributed by atoms with Crippen molar-refractivity contribution in [3.8, 4) is 5.75 Å². The second kappa shape index (κ2) is 12.4. The molecule has 0 spiro atoms. The van der Waals surface area contributed by atoms with Crippen LogP contribution in [0.5, 0.6) is 5.75 Å². The molecule has 0 N–H and O–H groups in total. The Kier molecular flexibility index (Phi) is 8.97. The predicted octanol–water partition coefficient (Wildman–Crippen LogP) is 4.54. The standard InChI is InChI=1S/C31H34N2O5S/c1-31(2,3)33(30(36)37)26(20-22-14-16-24(17-15-22)38-21-23-10-6-4-7-11-23)28(35)32-19-18-27(34)29(32)39-25-12-8-5-9-13-25/h4-17,26,29H,18-21H2,1-3H3,(H,36,37)/p-1/t26-,29-/m0/s1. The zero-order valence-electron chi connectivity index (χ0n) is 22.4. The molecule has 2 atom stereocenters. The van der Waals surface area contributed by atoms with Gasteiger partial charge in [-0.3, -0.25) is 9.59 Å². The summed E-state index contributed by atoms with van der Waals surface area (Å²) in [7, 11) is 0. The monoisotopic (exact) mass is 545 g/mol. The lowest BCUT2D eigenvalue weighted by Gasteiger charge is -2.44. The average Bonchev–Trinajstić information content (AvgIpc) is 3.27. The molecule has 0 radical (unpaired) electrons. The highest BCUT2D eigenvalue weighted by molar-refractivity contribution is 8.00. The molecule has 8 heteroatoms. The number of carbonyl (C=O) groups excluding carboxylic acids is 3. The minimum atomic E-state index is -1.43. The minimum Gasteiger partial charge on any atom is -0.530 e. The van der Waals surface area contributed by atoms with Crippen molar-refractivity contribution in [3.63, 3.8) is 0 Å². The quantitative estimate of drug-likeness (QED) is 0.392. The van der Waals surface area contributed by atoms with Crippen LogP contribution in [0.2, 0.25) is 0 Å². The molecule has 1 fully saturated rings. The maximum Gasteiger partial charge on any atom is 0.246 e. The summed E-state index contributed by atoms with van der Waals surface area (Å²) in [5, 5.41) is 11.7. The number of amides is 2. The molecule has 7 nitrogen and oxygen atoms in total. The maximum atomic E-state index is 14.0. The van der Waals surface area contributed by atoms with E-state index in [9.17, 15) is 19.5 Å². The lowest BCUT2D eigenvalue weighted by atomic mass is 9.97. The van der Waals surface area contributed by atoms with Crippen LogP contribution < -0.4 is 9.84 Å². The SMILES string of the molecule is CC(C)(C)N(C(=O)[O-])[C@@H](Cc1ccc(OCc2ccccc2)cc1)C(=O)N1CCC(=O)[C@@H]1Sc1ccccc1. The highest BCUT2D eigenvalue weighted by Crippen LogP contribution is 2.33. The number of likely N-dealkylation sites (tertiary alicyclic amines) is 1. The normalized spacial score (nSPS) is 16.1. The van der Waals surface area contributed by atoms with Crippen molar-refractivity contribution in [1.82, 2.24) is 9.80 Å². The Bertz CT molecular complexity index is 1280. The molecule has 2 amide bonds. The summed E-state index contributed by atoms with van der Waals surface area (Å²) < 4.78 is 5.87. The number of ketones is 1. The average molecular weight is 546 g/mol. The Morgan fingerprint density at radius 1 is 0.974 bits per heavy atom. The van der Waals surface area contributed by atoms with E-state index in [-0.39, 0.29) is 25.2 Å². The van der Waals surface area contributed by atoms with Gasteiger partial charge in [-0.15, -0.1) is 0 Å². The van der Waals surface area contributed by atoms with Crippen molar-refractivity contribution in [2.24, 2.45) is 0 Å². The van der Waals surface area contributed by atoms with Gasteiger partial charge < -0.3 is 24.4 Å². The van der Waals surface area contributed by atoms with Crippen molar-refractivity contribution in [3.05, 3.63) is 96.1 Å². The summed E-state index contributed by atoms with van der Waals surface area (Å²) in [6.07, 6.45) is -1.06. The Morgan fingerprint density at radius 2 is 1.59 bits per heavy atom. The fourth-order valence-electron chi connectivity index (χ4n) is 4.66. The highest BCUT2D eigenvalue weighted by Gasteiger charge is 2.43. The van der Waals surface area contributed by atoms with Gasteiger partial charge in [-0.1, -0.05) is 72.4 Å². The zero-order valence-corrected chi connectivity index (χ0v) is 23.2. The van der Waals surface area contributed by atoms with Gasteiger partial charge in [-0.2, -0.15) is 0 Å². The van der Waals surface area contributed by atoms with Crippen molar-refractivity contribution < 1.29 is 24.2 Å². The first-order valence-corrected chi connectivity index (χ1v) is 13.8. The molecule has 1 heterocycles. The van der Waals surface area contributed by atoms with Crippen molar-refractivity contribution in [2.45, 2.75) is 62.1 Å². The number of Topliss-reactive ketones (excluding diaryl/α,β-unsaturated/α-hetero) is 1. The van der Waals surface area contributed by atoms with E-state index >= 15 is 0 Å². The van der Waals surface area contributed by atoms with Crippen LogP contribution in [0.15, 0.2) is 89.8 Å². The Balaban J connectivity index is 1.56. The third-order valence-corrected chi connectivity index (χ3v) is 7.83. The van der Waals surface area contributed by atoms with E-state index in [0.717, 1.165) is 20.9 Å². The molecule has 0 aromatic heterocycles. The summed E-state index contributed by atoms with van der Waals surface area (Å²) in [5.41, 5.74) is 0.919. The number of rotatable bonds is 9. The van der Waals surface area contributed by atoms with E-state index in [1.54, 1.807) is 20.8 Å². The first kappa shape index (κ1) is 28.2. The molecular weight excluding hydrogens is 512 g/mol. The molecular formula is C31H33N2O5S-. The molecule has 1 saturated heterocycles. The van der Waals surface area contributed by atoms with Gasteiger partial charge in [0.25, 0.3) is 0 Å². The summed E-state index contributed by atoms with van der Waals surface area (Å²) >= 11 is 1.31. The molecule has 204 valence electrons. The lowest BCUT2D eigenvalue weighted by Crippen LogP contribution is -2.62. The van der Waals surface area contributed by atoms with Gasteiger partial charge in [0, 0.05) is 29.8 Å². The van der Waals surface area contributed by atoms with Gasteiger partial charge in [0.1, 0.15) is 29.9 Å². The molecule has 4 rings (SSSR count). The van der Waals surface area contributed by atoms with E-state index in [1.807, 2.05) is 84.9 Å². The van der Waals surface area contributed by atoms with E-state index in [1.165, 1.54) is 16.7 Å². The first-order valence-electron chi connectivity index (χ1n) is 12.9. The Labute approximate surface area is 233 Å². The van der Waals surface area contributed by atoms with E-state index in [2.05, 4.69) is 0 Å². The summed E-state index contributed by atoms with van der Waals surface area (Å²) in [5.74, 6) is 0.215. The number of nitrogens with zero attached hydrogens (tertiary/aromatic N) is 2. The van der Waals surface area contributed by atoms with Crippen LogP contribution in [-0.4, -0.2) is 51.1 Å². The van der Waals surface area contributed by atoms with Crippen molar-refractivity contribution in [1.29, 1.82) is 0 Å². The summed E-state index contributed by atoms with van der Waals surface area (Å²) in [6.45, 7) is 5.86. The molecule has 3 aromatic carbocycles. The van der Waals surface area contributed by atoms with Crippen LogP contribution in [-0.2, 0) is 22.6 Å². The van der Waals surface area contributed by atoms with Crippen LogP contribution in [0.25, 0.3) is 0 Å². The number of carboxylic acid groups (broad SMARTS) is 1. The second-order valence-corrected chi connectivity index (χ2v) is 11.6. The van der Waals surface area contributed by atoms with Crippen molar-refractivity contribution in [2.75, 3.05) is 6.54 Å². The number of hydrogen-bond donors (Lipinski definition) is 0. The summed E-state index contributed by atoms with van der Waals surface area (Å²) in [4.78, 5) is 42.7.